The molecule has 430 valence electrons. The van der Waals surface area contributed by atoms with Crippen molar-refractivity contribution in [2.45, 2.75) is 167 Å². The van der Waals surface area contributed by atoms with Gasteiger partial charge in [-0.05, 0) is 103 Å². The van der Waals surface area contributed by atoms with Gasteiger partial charge in [0.2, 0.25) is 9.84 Å². The Morgan fingerprint density at radius 3 is 1.38 bits per heavy atom. The van der Waals surface area contributed by atoms with E-state index in [1.165, 1.54) is 25.4 Å². The van der Waals surface area contributed by atoms with E-state index in [0.29, 0.717) is 18.7 Å². The molecule has 0 amide bonds. The van der Waals surface area contributed by atoms with Crippen molar-refractivity contribution in [3.8, 4) is 5.69 Å². The Bertz CT molecular complexity index is 2750. The van der Waals surface area contributed by atoms with Crippen LogP contribution < -0.4 is 20.7 Å². The van der Waals surface area contributed by atoms with Crippen LogP contribution in [0.2, 0.25) is 28.2 Å². The summed E-state index contributed by atoms with van der Waals surface area (Å²) >= 11 is 0. The maximum atomic E-state index is 14.5. The third kappa shape index (κ3) is 14.4. The van der Waals surface area contributed by atoms with Crippen LogP contribution in [0, 0.1) is 23.7 Å². The number of para-hydroxylation sites is 1. The lowest BCUT2D eigenvalue weighted by molar-refractivity contribution is -0.0496. The number of hydrogen-bond acceptors (Lipinski definition) is 10. The first kappa shape index (κ1) is 63.7. The molecule has 0 spiro atoms. The molecular formula is C64H94N4O7SSi3. The average Bonchev–Trinajstić information content (AvgIpc) is 4.04. The number of ether oxygens (including phenoxy) is 2. The Kier molecular flexibility index (Phi) is 22.6. The van der Waals surface area contributed by atoms with E-state index in [2.05, 4.69) is 220 Å². The fourth-order valence-electron chi connectivity index (χ4n) is 12.7. The number of aromatic nitrogens is 4. The van der Waals surface area contributed by atoms with Crippen LogP contribution in [-0.4, -0.2) is 105 Å². The molecule has 0 aliphatic heterocycles. The van der Waals surface area contributed by atoms with E-state index in [9.17, 15) is 8.42 Å². The molecule has 11 nitrogen and oxygen atoms in total. The zero-order valence-corrected chi connectivity index (χ0v) is 54.1. The topological polar surface area (TPSA) is 124 Å². The molecule has 1 unspecified atom stereocenters. The number of tetrazole rings is 1. The second-order valence-electron chi connectivity index (χ2n) is 24.2. The van der Waals surface area contributed by atoms with Gasteiger partial charge in [-0.2, -0.15) is 4.68 Å². The Morgan fingerprint density at radius 1 is 0.519 bits per heavy atom. The molecule has 1 aromatic heterocycles. The first-order valence-electron chi connectivity index (χ1n) is 28.9. The number of nitrogens with zero attached hydrogens (tertiary/aromatic N) is 4. The van der Waals surface area contributed by atoms with E-state index in [1.807, 2.05) is 32.2 Å². The highest BCUT2D eigenvalue weighted by atomic mass is 32.2. The molecule has 1 heterocycles. The Morgan fingerprint density at radius 2 is 0.962 bits per heavy atom. The summed E-state index contributed by atoms with van der Waals surface area (Å²) in [6.45, 7) is 29.9. The van der Waals surface area contributed by atoms with Gasteiger partial charge < -0.3 is 22.8 Å². The standard InChI is InChI=1S/C64H94N4O7SSi3/c1-16-77(17-2,18-3)75-61(50(5)48-76(69,70)62-65-66-67-68(62)53-34-24-19-25-35-53)52(7)60(72-15)49(4)44-45-59(74-79(64(11,12)13,56-40-30-22-31-41-56)57-42-32-23-33-43-57)51(6)58(71-14)46-47-73-78(63(8,9)10,54-36-26-20-27-37-54)55-38-28-21-29-39-55/h19-43,49-52,58-61H,16-18,44-48H2,1-15H3/t49-,50-,51+,52-,58+,59?,60-,61-/m0/s1. The van der Waals surface area contributed by atoms with Crippen molar-refractivity contribution in [3.63, 3.8) is 0 Å². The molecule has 0 saturated carbocycles. The van der Waals surface area contributed by atoms with Gasteiger partial charge in [-0.15, -0.1) is 0 Å². The number of hydrogen-bond donors (Lipinski definition) is 0. The molecule has 6 rings (SSSR count). The smallest absolute Gasteiger partial charge is 0.272 e. The highest BCUT2D eigenvalue weighted by Gasteiger charge is 2.53. The summed E-state index contributed by atoms with van der Waals surface area (Å²) in [5, 5.41) is 16.3. The summed E-state index contributed by atoms with van der Waals surface area (Å²) in [6.07, 6.45) is 1.03. The van der Waals surface area contributed by atoms with Crippen LogP contribution in [-0.2, 0) is 32.6 Å². The molecule has 0 saturated heterocycles. The predicted octanol–water partition coefficient (Wildman–Crippen LogP) is 12.1. The first-order valence-corrected chi connectivity index (χ1v) is 36.9. The van der Waals surface area contributed by atoms with Crippen LogP contribution in [0.5, 0.6) is 0 Å². The SMILES string of the molecule is CC[Si](CC)(CC)O[C@H]([C@@H](C)[C@@H](OC)[C@@H](C)CCC(O[Si](c1ccccc1)(c1ccccc1)C(C)(C)C)[C@H](C)[C@@H](CCO[Si](c1ccccc1)(c1ccccc1)C(C)(C)C)OC)[C@@H](C)CS(=O)(=O)c1nnnn1-c1ccccc1. The zero-order chi connectivity index (χ0) is 57.7. The minimum atomic E-state index is -3.98. The predicted molar refractivity (Wildman–Crippen MR) is 331 cm³/mol. The summed E-state index contributed by atoms with van der Waals surface area (Å²) in [6, 6.07) is 55.4. The molecule has 0 bridgehead atoms. The van der Waals surface area contributed by atoms with Gasteiger partial charge in [0.15, 0.2) is 8.32 Å². The second-order valence-corrected chi connectivity index (χ2v) is 39.4. The Balaban J connectivity index is 1.37. The normalized spacial score (nSPS) is 16.1. The quantitative estimate of drug-likeness (QED) is 0.0403. The lowest BCUT2D eigenvalue weighted by Crippen LogP contribution is -2.68. The summed E-state index contributed by atoms with van der Waals surface area (Å²) in [7, 11) is -8.55. The van der Waals surface area contributed by atoms with Crippen molar-refractivity contribution in [1.29, 1.82) is 0 Å². The summed E-state index contributed by atoms with van der Waals surface area (Å²) in [5.41, 5.74) is 0.578. The molecule has 5 aromatic carbocycles. The van der Waals surface area contributed by atoms with E-state index >= 15 is 0 Å². The number of rotatable bonds is 30. The van der Waals surface area contributed by atoms with Gasteiger partial charge in [-0.3, -0.25) is 0 Å². The lowest BCUT2D eigenvalue weighted by Gasteiger charge is -2.47. The van der Waals surface area contributed by atoms with Gasteiger partial charge in [-0.1, -0.05) is 235 Å². The highest BCUT2D eigenvalue weighted by Crippen LogP contribution is 2.42. The van der Waals surface area contributed by atoms with Crippen molar-refractivity contribution >= 4 is 55.5 Å². The van der Waals surface area contributed by atoms with E-state index in [4.69, 9.17) is 22.8 Å². The minimum Gasteiger partial charge on any atom is -0.413 e. The monoisotopic (exact) mass is 1150 g/mol. The van der Waals surface area contributed by atoms with Crippen molar-refractivity contribution in [2.24, 2.45) is 23.7 Å². The summed E-state index contributed by atoms with van der Waals surface area (Å²) in [5.74, 6) is -0.809. The molecular weight excluding hydrogens is 1050 g/mol. The van der Waals surface area contributed by atoms with E-state index in [-0.39, 0.29) is 57.1 Å². The van der Waals surface area contributed by atoms with Crippen LogP contribution in [0.4, 0.5) is 0 Å². The zero-order valence-electron chi connectivity index (χ0n) is 50.3. The average molecular weight is 1150 g/mol. The van der Waals surface area contributed by atoms with E-state index in [1.54, 1.807) is 19.2 Å². The van der Waals surface area contributed by atoms with E-state index < -0.39 is 46.8 Å². The molecule has 0 radical (unpaired) electrons. The first-order chi connectivity index (χ1) is 37.6. The van der Waals surface area contributed by atoms with Gasteiger partial charge in [0.05, 0.1) is 35.9 Å². The molecule has 8 atom stereocenters. The fraction of sp³-hybridized carbons (Fsp3) is 0.516. The lowest BCUT2D eigenvalue weighted by atomic mass is 9.81. The van der Waals surface area contributed by atoms with Gasteiger partial charge >= 0.3 is 0 Å². The third-order valence-corrected chi connectivity index (χ3v) is 33.7. The molecule has 0 aliphatic carbocycles. The van der Waals surface area contributed by atoms with Crippen LogP contribution in [0.15, 0.2) is 157 Å². The second kappa shape index (κ2) is 28.0. The molecule has 79 heavy (non-hydrogen) atoms. The fourth-order valence-corrected chi connectivity index (χ4v) is 26.7. The molecule has 0 N–H and O–H groups in total. The summed E-state index contributed by atoms with van der Waals surface area (Å²) < 4.78 is 66.8. The number of benzene rings is 5. The van der Waals surface area contributed by atoms with Gasteiger partial charge in [0.25, 0.3) is 21.8 Å². The molecule has 6 aromatic rings. The van der Waals surface area contributed by atoms with Crippen LogP contribution in [0.3, 0.4) is 0 Å². The summed E-state index contributed by atoms with van der Waals surface area (Å²) in [4.78, 5) is 0. The van der Waals surface area contributed by atoms with Crippen molar-refractivity contribution in [2.75, 3.05) is 26.6 Å². The molecule has 15 heteroatoms. The largest absolute Gasteiger partial charge is 0.413 e. The maximum Gasteiger partial charge on any atom is 0.272 e. The number of methoxy groups -OCH3 is 2. The highest BCUT2D eigenvalue weighted by molar-refractivity contribution is 7.91. The van der Waals surface area contributed by atoms with Crippen LogP contribution in [0.1, 0.15) is 109 Å². The minimum absolute atomic E-state index is 0.0261. The molecule has 0 fully saturated rings. The van der Waals surface area contributed by atoms with Gasteiger partial charge in [-0.25, -0.2) is 8.42 Å². The van der Waals surface area contributed by atoms with Gasteiger partial charge in [0.1, 0.15) is 0 Å². The Hall–Kier alpha value is -4.43. The van der Waals surface area contributed by atoms with E-state index in [0.717, 1.165) is 31.0 Å². The van der Waals surface area contributed by atoms with Crippen molar-refractivity contribution in [1.82, 2.24) is 20.2 Å². The third-order valence-electron chi connectivity index (χ3n) is 17.2. The van der Waals surface area contributed by atoms with Crippen LogP contribution >= 0.6 is 0 Å². The van der Waals surface area contributed by atoms with Crippen molar-refractivity contribution < 1.29 is 31.2 Å². The molecule has 0 aliphatic rings. The van der Waals surface area contributed by atoms with Gasteiger partial charge in [0, 0.05) is 32.7 Å². The Labute approximate surface area is 478 Å². The van der Waals surface area contributed by atoms with Crippen molar-refractivity contribution in [3.05, 3.63) is 152 Å². The van der Waals surface area contributed by atoms with Crippen LogP contribution in [0.25, 0.3) is 5.69 Å². The maximum absolute atomic E-state index is 14.5. The number of sulfone groups is 1.